The molecule has 0 aliphatic heterocycles. The molecule has 132 valence electrons. The van der Waals surface area contributed by atoms with Gasteiger partial charge in [0.2, 0.25) is 0 Å². The second-order valence-corrected chi connectivity index (χ2v) is 6.29. The number of halogens is 1. The van der Waals surface area contributed by atoms with Crippen LogP contribution in [-0.4, -0.2) is 45.2 Å². The predicted octanol–water partition coefficient (Wildman–Crippen LogP) is 3.90. The van der Waals surface area contributed by atoms with E-state index in [1.165, 1.54) is 18.4 Å². The van der Waals surface area contributed by atoms with Crippen LogP contribution in [0.5, 0.6) is 5.75 Å². The van der Waals surface area contributed by atoms with Crippen molar-refractivity contribution in [2.45, 2.75) is 39.0 Å². The molecular formula is C18H32IN3O. The average Bonchev–Trinajstić information content (AvgIpc) is 2.53. The summed E-state index contributed by atoms with van der Waals surface area (Å²) in [4.78, 5) is 6.56. The van der Waals surface area contributed by atoms with E-state index in [0.29, 0.717) is 0 Å². The van der Waals surface area contributed by atoms with Crippen LogP contribution in [0.4, 0.5) is 0 Å². The lowest BCUT2D eigenvalue weighted by molar-refractivity contribution is 0.413. The fourth-order valence-corrected chi connectivity index (χ4v) is 2.33. The highest BCUT2D eigenvalue weighted by Crippen LogP contribution is 2.24. The van der Waals surface area contributed by atoms with Crippen LogP contribution in [0.15, 0.2) is 29.3 Å². The Bertz CT molecular complexity index is 472. The molecule has 0 unspecified atom stereocenters. The first-order chi connectivity index (χ1) is 10.4. The highest BCUT2D eigenvalue weighted by atomic mass is 127. The van der Waals surface area contributed by atoms with Crippen LogP contribution in [0.1, 0.15) is 39.2 Å². The fourth-order valence-electron chi connectivity index (χ4n) is 2.33. The fraction of sp³-hybridized carbons (Fsp3) is 0.611. The number of nitrogens with zero attached hydrogens (tertiary/aromatic N) is 2. The van der Waals surface area contributed by atoms with E-state index in [1.807, 2.05) is 19.2 Å². The lowest BCUT2D eigenvalue weighted by Crippen LogP contribution is -2.44. The van der Waals surface area contributed by atoms with E-state index < -0.39 is 0 Å². The quantitative estimate of drug-likeness (QED) is 0.403. The molecule has 0 amide bonds. The van der Waals surface area contributed by atoms with E-state index in [4.69, 9.17) is 4.74 Å². The molecule has 0 radical (unpaired) electrons. The molecule has 1 aromatic rings. The van der Waals surface area contributed by atoms with Gasteiger partial charge in [0.05, 0.1) is 7.11 Å². The minimum Gasteiger partial charge on any atom is -0.497 e. The largest absolute Gasteiger partial charge is 0.497 e. The van der Waals surface area contributed by atoms with Crippen LogP contribution in [0.2, 0.25) is 0 Å². The first-order valence-electron chi connectivity index (χ1n) is 8.01. The first kappa shape index (κ1) is 22.0. The van der Waals surface area contributed by atoms with Crippen LogP contribution >= 0.6 is 24.0 Å². The minimum atomic E-state index is 0. The van der Waals surface area contributed by atoms with Gasteiger partial charge in [0, 0.05) is 32.6 Å². The van der Waals surface area contributed by atoms with Gasteiger partial charge in [0.15, 0.2) is 5.96 Å². The van der Waals surface area contributed by atoms with Gasteiger partial charge in [-0.15, -0.1) is 24.0 Å². The van der Waals surface area contributed by atoms with Crippen molar-refractivity contribution in [3.05, 3.63) is 29.8 Å². The van der Waals surface area contributed by atoms with E-state index in [9.17, 15) is 0 Å². The van der Waals surface area contributed by atoms with Gasteiger partial charge >= 0.3 is 0 Å². The molecule has 1 rings (SSSR count). The van der Waals surface area contributed by atoms with Crippen molar-refractivity contribution in [2.24, 2.45) is 4.99 Å². The van der Waals surface area contributed by atoms with Gasteiger partial charge in [-0.05, 0) is 24.1 Å². The Hall–Kier alpha value is -0.980. The van der Waals surface area contributed by atoms with Gasteiger partial charge in [-0.2, -0.15) is 0 Å². The molecule has 0 spiro atoms. The third-order valence-corrected chi connectivity index (χ3v) is 3.98. The summed E-state index contributed by atoms with van der Waals surface area (Å²) in [6.45, 7) is 8.54. The SMILES string of the molecule is CCCCN(C)C(=NC)NCC(C)(C)c1ccc(OC)cc1.I. The van der Waals surface area contributed by atoms with E-state index in [1.54, 1.807) is 7.11 Å². The molecule has 0 fully saturated rings. The number of hydrogen-bond acceptors (Lipinski definition) is 2. The number of guanidine groups is 1. The molecule has 4 nitrogen and oxygen atoms in total. The Morgan fingerprint density at radius 1 is 1.26 bits per heavy atom. The second-order valence-electron chi connectivity index (χ2n) is 6.29. The van der Waals surface area contributed by atoms with E-state index in [-0.39, 0.29) is 29.4 Å². The van der Waals surface area contributed by atoms with Crippen molar-refractivity contribution in [1.82, 2.24) is 10.2 Å². The zero-order valence-corrected chi connectivity index (χ0v) is 17.7. The summed E-state index contributed by atoms with van der Waals surface area (Å²) in [7, 11) is 5.62. The summed E-state index contributed by atoms with van der Waals surface area (Å²) in [6, 6.07) is 8.28. The smallest absolute Gasteiger partial charge is 0.193 e. The molecule has 0 saturated carbocycles. The van der Waals surface area contributed by atoms with Gasteiger partial charge in [0.25, 0.3) is 0 Å². The summed E-state index contributed by atoms with van der Waals surface area (Å²) in [5.74, 6) is 1.85. The number of benzene rings is 1. The van der Waals surface area contributed by atoms with Gasteiger partial charge in [0.1, 0.15) is 5.75 Å². The van der Waals surface area contributed by atoms with Crippen molar-refractivity contribution in [3.63, 3.8) is 0 Å². The number of hydrogen-bond donors (Lipinski definition) is 1. The number of unbranched alkanes of at least 4 members (excludes halogenated alkanes) is 1. The van der Waals surface area contributed by atoms with Crippen LogP contribution in [0, 0.1) is 0 Å². The molecule has 0 aromatic heterocycles. The van der Waals surface area contributed by atoms with Crippen molar-refractivity contribution in [3.8, 4) is 5.75 Å². The van der Waals surface area contributed by atoms with E-state index in [0.717, 1.165) is 24.8 Å². The van der Waals surface area contributed by atoms with Crippen molar-refractivity contribution < 1.29 is 4.74 Å². The Labute approximate surface area is 158 Å². The molecule has 0 bridgehead atoms. The van der Waals surface area contributed by atoms with E-state index >= 15 is 0 Å². The van der Waals surface area contributed by atoms with Crippen LogP contribution in [0.25, 0.3) is 0 Å². The Morgan fingerprint density at radius 2 is 1.87 bits per heavy atom. The topological polar surface area (TPSA) is 36.9 Å². The monoisotopic (exact) mass is 433 g/mol. The van der Waals surface area contributed by atoms with Crippen molar-refractivity contribution >= 4 is 29.9 Å². The summed E-state index contributed by atoms with van der Waals surface area (Å²) in [5.41, 5.74) is 1.31. The Kier molecular flexibility index (Phi) is 10.3. The molecule has 0 aliphatic carbocycles. The van der Waals surface area contributed by atoms with Gasteiger partial charge in [-0.1, -0.05) is 39.3 Å². The van der Waals surface area contributed by atoms with Gasteiger partial charge < -0.3 is 15.0 Å². The Morgan fingerprint density at radius 3 is 2.35 bits per heavy atom. The molecule has 0 aliphatic rings. The summed E-state index contributed by atoms with van der Waals surface area (Å²) < 4.78 is 5.22. The van der Waals surface area contributed by atoms with Crippen LogP contribution in [-0.2, 0) is 5.41 Å². The maximum atomic E-state index is 5.22. The third-order valence-electron chi connectivity index (χ3n) is 3.98. The zero-order chi connectivity index (χ0) is 16.6. The molecular weight excluding hydrogens is 401 g/mol. The highest BCUT2D eigenvalue weighted by molar-refractivity contribution is 14.0. The molecule has 1 aromatic carbocycles. The lowest BCUT2D eigenvalue weighted by Gasteiger charge is -2.29. The second kappa shape index (κ2) is 10.7. The zero-order valence-electron chi connectivity index (χ0n) is 15.3. The maximum Gasteiger partial charge on any atom is 0.193 e. The molecule has 0 heterocycles. The number of methoxy groups -OCH3 is 1. The lowest BCUT2D eigenvalue weighted by atomic mass is 9.84. The first-order valence-corrected chi connectivity index (χ1v) is 8.01. The van der Waals surface area contributed by atoms with Crippen molar-refractivity contribution in [2.75, 3.05) is 34.3 Å². The third kappa shape index (κ3) is 6.97. The number of ether oxygens (including phenoxy) is 1. The number of nitrogens with one attached hydrogen (secondary N) is 1. The Balaban J connectivity index is 0.00000484. The van der Waals surface area contributed by atoms with E-state index in [2.05, 4.69) is 55.2 Å². The average molecular weight is 433 g/mol. The highest BCUT2D eigenvalue weighted by Gasteiger charge is 2.21. The molecule has 5 heteroatoms. The molecule has 1 N–H and O–H groups in total. The van der Waals surface area contributed by atoms with Crippen LogP contribution in [0.3, 0.4) is 0 Å². The van der Waals surface area contributed by atoms with Crippen molar-refractivity contribution in [1.29, 1.82) is 0 Å². The molecule has 23 heavy (non-hydrogen) atoms. The molecule has 0 atom stereocenters. The van der Waals surface area contributed by atoms with Crippen LogP contribution < -0.4 is 10.1 Å². The number of rotatable bonds is 7. The summed E-state index contributed by atoms with van der Waals surface area (Å²) in [6.07, 6.45) is 2.37. The number of aliphatic imine (C=N–C) groups is 1. The van der Waals surface area contributed by atoms with Gasteiger partial charge in [-0.25, -0.2) is 0 Å². The molecule has 0 saturated heterocycles. The minimum absolute atomic E-state index is 0. The maximum absolute atomic E-state index is 5.22. The summed E-state index contributed by atoms with van der Waals surface area (Å²) in [5, 5.41) is 3.49. The normalized spacial score (nSPS) is 11.7. The standard InChI is InChI=1S/C18H31N3O.HI/c1-7-8-13-21(5)17(19-4)20-14-18(2,3)15-9-11-16(22-6)12-10-15;/h9-12H,7-8,13-14H2,1-6H3,(H,19,20);1H. The summed E-state index contributed by atoms with van der Waals surface area (Å²) >= 11 is 0. The van der Waals surface area contributed by atoms with Gasteiger partial charge in [-0.3, -0.25) is 4.99 Å². The predicted molar refractivity (Wildman–Crippen MR) is 110 cm³/mol.